The molecule has 1 aliphatic rings. The SMILES string of the molecule is CC(C)Cn1cc(C(=O)N2CC[C@@H](C(N)=O)C2)c2ccccc21. The molecule has 1 aliphatic heterocycles. The highest BCUT2D eigenvalue weighted by Gasteiger charge is 2.31. The van der Waals surface area contributed by atoms with E-state index in [-0.39, 0.29) is 17.7 Å². The van der Waals surface area contributed by atoms with Crippen molar-refractivity contribution in [2.24, 2.45) is 17.6 Å². The van der Waals surface area contributed by atoms with Gasteiger partial charge >= 0.3 is 0 Å². The Bertz CT molecular complexity index is 748. The van der Waals surface area contributed by atoms with Gasteiger partial charge in [0.2, 0.25) is 5.91 Å². The fourth-order valence-electron chi connectivity index (χ4n) is 3.31. The predicted octanol–water partition coefficient (Wildman–Crippen LogP) is 2.24. The first-order valence-corrected chi connectivity index (χ1v) is 8.14. The van der Waals surface area contributed by atoms with E-state index < -0.39 is 0 Å². The number of aromatic nitrogens is 1. The molecule has 0 bridgehead atoms. The minimum Gasteiger partial charge on any atom is -0.369 e. The summed E-state index contributed by atoms with van der Waals surface area (Å²) >= 11 is 0. The van der Waals surface area contributed by atoms with Crippen molar-refractivity contribution in [1.82, 2.24) is 9.47 Å². The van der Waals surface area contributed by atoms with Gasteiger partial charge in [0, 0.05) is 36.7 Å². The molecule has 5 heteroatoms. The van der Waals surface area contributed by atoms with Gasteiger partial charge in [-0.3, -0.25) is 9.59 Å². The van der Waals surface area contributed by atoms with Crippen LogP contribution < -0.4 is 5.73 Å². The van der Waals surface area contributed by atoms with E-state index in [1.54, 1.807) is 4.90 Å². The van der Waals surface area contributed by atoms with Crippen LogP contribution in [0.25, 0.3) is 10.9 Å². The summed E-state index contributed by atoms with van der Waals surface area (Å²) < 4.78 is 2.15. The molecule has 0 spiro atoms. The Labute approximate surface area is 136 Å². The van der Waals surface area contributed by atoms with Gasteiger partial charge in [-0.1, -0.05) is 32.0 Å². The van der Waals surface area contributed by atoms with Crippen molar-refractivity contribution >= 4 is 22.7 Å². The Morgan fingerprint density at radius 3 is 2.70 bits per heavy atom. The van der Waals surface area contributed by atoms with Gasteiger partial charge in [-0.25, -0.2) is 0 Å². The Balaban J connectivity index is 1.93. The number of amides is 2. The molecule has 2 heterocycles. The third-order valence-electron chi connectivity index (χ3n) is 4.46. The zero-order valence-corrected chi connectivity index (χ0v) is 13.7. The molecule has 2 aromatic rings. The fourth-order valence-corrected chi connectivity index (χ4v) is 3.31. The lowest BCUT2D eigenvalue weighted by Gasteiger charge is -2.15. The van der Waals surface area contributed by atoms with Crippen molar-refractivity contribution in [3.8, 4) is 0 Å². The third kappa shape index (κ3) is 2.96. The van der Waals surface area contributed by atoms with Crippen LogP contribution in [0.1, 0.15) is 30.6 Å². The molecule has 0 saturated carbocycles. The number of rotatable bonds is 4. The number of nitrogens with two attached hydrogens (primary N) is 1. The van der Waals surface area contributed by atoms with Crippen LogP contribution in [0.2, 0.25) is 0 Å². The number of benzene rings is 1. The summed E-state index contributed by atoms with van der Waals surface area (Å²) in [5.41, 5.74) is 7.16. The number of para-hydroxylation sites is 1. The largest absolute Gasteiger partial charge is 0.369 e. The number of nitrogens with zero attached hydrogens (tertiary/aromatic N) is 2. The van der Waals surface area contributed by atoms with Crippen molar-refractivity contribution in [1.29, 1.82) is 0 Å². The second kappa shape index (κ2) is 6.07. The molecular formula is C18H23N3O2. The van der Waals surface area contributed by atoms with Gasteiger partial charge in [0.25, 0.3) is 5.91 Å². The number of fused-ring (bicyclic) bond motifs is 1. The van der Waals surface area contributed by atoms with Crippen molar-refractivity contribution in [2.45, 2.75) is 26.8 Å². The average Bonchev–Trinajstić information content (AvgIpc) is 3.12. The van der Waals surface area contributed by atoms with Crippen molar-refractivity contribution < 1.29 is 9.59 Å². The molecule has 2 amide bonds. The molecule has 2 N–H and O–H groups in total. The van der Waals surface area contributed by atoms with E-state index in [1.807, 2.05) is 30.5 Å². The zero-order chi connectivity index (χ0) is 16.6. The van der Waals surface area contributed by atoms with Crippen molar-refractivity contribution in [3.05, 3.63) is 36.0 Å². The highest BCUT2D eigenvalue weighted by atomic mass is 16.2. The van der Waals surface area contributed by atoms with Crippen LogP contribution in [0.3, 0.4) is 0 Å². The quantitative estimate of drug-likeness (QED) is 0.940. The summed E-state index contributed by atoms with van der Waals surface area (Å²) in [6.45, 7) is 6.22. The number of primary amides is 1. The lowest BCUT2D eigenvalue weighted by atomic mass is 10.1. The highest BCUT2D eigenvalue weighted by molar-refractivity contribution is 6.07. The van der Waals surface area contributed by atoms with E-state index >= 15 is 0 Å². The van der Waals surface area contributed by atoms with Gasteiger partial charge in [0.1, 0.15) is 0 Å². The second-order valence-corrected chi connectivity index (χ2v) is 6.75. The maximum absolute atomic E-state index is 12.9. The molecule has 122 valence electrons. The molecule has 1 aromatic carbocycles. The number of likely N-dealkylation sites (tertiary alicyclic amines) is 1. The molecule has 1 fully saturated rings. The van der Waals surface area contributed by atoms with Gasteiger partial charge in [0.15, 0.2) is 0 Å². The minimum atomic E-state index is -0.317. The molecule has 3 rings (SSSR count). The normalized spacial score (nSPS) is 18.0. The summed E-state index contributed by atoms with van der Waals surface area (Å²) in [7, 11) is 0. The zero-order valence-electron chi connectivity index (χ0n) is 13.7. The Morgan fingerprint density at radius 2 is 2.04 bits per heavy atom. The Kier molecular flexibility index (Phi) is 4.11. The van der Waals surface area contributed by atoms with E-state index in [1.165, 1.54) is 0 Å². The van der Waals surface area contributed by atoms with Crippen LogP contribution in [0.15, 0.2) is 30.5 Å². The standard InChI is InChI=1S/C18H23N3O2/c1-12(2)9-21-11-15(14-5-3-4-6-16(14)21)18(23)20-8-7-13(10-20)17(19)22/h3-6,11-13H,7-10H2,1-2H3,(H2,19,22)/t13-/m1/s1. The van der Waals surface area contributed by atoms with Crippen LogP contribution in [-0.4, -0.2) is 34.4 Å². The summed E-state index contributed by atoms with van der Waals surface area (Å²) in [4.78, 5) is 26.0. The lowest BCUT2D eigenvalue weighted by molar-refractivity contribution is -0.121. The van der Waals surface area contributed by atoms with Crippen LogP contribution >= 0.6 is 0 Å². The van der Waals surface area contributed by atoms with Gasteiger partial charge < -0.3 is 15.2 Å². The second-order valence-electron chi connectivity index (χ2n) is 6.75. The molecule has 0 unspecified atom stereocenters. The van der Waals surface area contributed by atoms with Gasteiger partial charge in [0.05, 0.1) is 11.5 Å². The lowest BCUT2D eigenvalue weighted by Crippen LogP contribution is -2.31. The third-order valence-corrected chi connectivity index (χ3v) is 4.46. The summed E-state index contributed by atoms with van der Waals surface area (Å²) in [6.07, 6.45) is 2.61. The van der Waals surface area contributed by atoms with E-state index in [9.17, 15) is 9.59 Å². The molecule has 0 radical (unpaired) electrons. The highest BCUT2D eigenvalue weighted by Crippen LogP contribution is 2.26. The number of hydrogen-bond acceptors (Lipinski definition) is 2. The molecule has 23 heavy (non-hydrogen) atoms. The number of hydrogen-bond donors (Lipinski definition) is 1. The monoisotopic (exact) mass is 313 g/mol. The van der Waals surface area contributed by atoms with Crippen LogP contribution in [-0.2, 0) is 11.3 Å². The first-order chi connectivity index (χ1) is 11.0. The minimum absolute atomic E-state index is 0.00699. The molecular weight excluding hydrogens is 290 g/mol. The van der Waals surface area contributed by atoms with E-state index in [0.29, 0.717) is 31.0 Å². The maximum atomic E-state index is 12.9. The topological polar surface area (TPSA) is 68.3 Å². The van der Waals surface area contributed by atoms with Gasteiger partial charge in [-0.2, -0.15) is 0 Å². The summed E-state index contributed by atoms with van der Waals surface area (Å²) in [5, 5.41) is 0.973. The summed E-state index contributed by atoms with van der Waals surface area (Å²) in [5.74, 6) is -0.0438. The number of carbonyl (C=O) groups is 2. The average molecular weight is 313 g/mol. The first-order valence-electron chi connectivity index (χ1n) is 8.14. The number of carbonyl (C=O) groups excluding carboxylic acids is 2. The summed E-state index contributed by atoms with van der Waals surface area (Å²) in [6, 6.07) is 7.98. The van der Waals surface area contributed by atoms with E-state index in [4.69, 9.17) is 5.73 Å². The van der Waals surface area contributed by atoms with Crippen molar-refractivity contribution in [2.75, 3.05) is 13.1 Å². The predicted molar refractivity (Wildman–Crippen MR) is 90.0 cm³/mol. The molecule has 1 atom stereocenters. The first kappa shape index (κ1) is 15.6. The van der Waals surface area contributed by atoms with Gasteiger partial charge in [-0.05, 0) is 18.4 Å². The molecule has 1 saturated heterocycles. The molecule has 5 nitrogen and oxygen atoms in total. The maximum Gasteiger partial charge on any atom is 0.256 e. The van der Waals surface area contributed by atoms with E-state index in [0.717, 1.165) is 17.4 Å². The van der Waals surface area contributed by atoms with Crippen LogP contribution in [0, 0.1) is 11.8 Å². The molecule has 0 aliphatic carbocycles. The smallest absolute Gasteiger partial charge is 0.256 e. The Morgan fingerprint density at radius 1 is 1.30 bits per heavy atom. The van der Waals surface area contributed by atoms with Crippen LogP contribution in [0.5, 0.6) is 0 Å². The van der Waals surface area contributed by atoms with E-state index in [2.05, 4.69) is 18.4 Å². The van der Waals surface area contributed by atoms with Gasteiger partial charge in [-0.15, -0.1) is 0 Å². The fraction of sp³-hybridized carbons (Fsp3) is 0.444. The molecule has 1 aromatic heterocycles. The van der Waals surface area contributed by atoms with Crippen molar-refractivity contribution in [3.63, 3.8) is 0 Å². The van der Waals surface area contributed by atoms with Crippen LogP contribution in [0.4, 0.5) is 0 Å². The Hall–Kier alpha value is -2.30.